The van der Waals surface area contributed by atoms with Crippen LogP contribution in [0.5, 0.6) is 11.5 Å². The number of nitrogen functional groups attached to an aromatic ring is 1. The maximum Gasteiger partial charge on any atom is 0.165 e. The number of benzene rings is 1. The zero-order chi connectivity index (χ0) is 13.4. The van der Waals surface area contributed by atoms with Gasteiger partial charge in [0.05, 0.1) is 29.8 Å². The minimum Gasteiger partial charge on any atom is -0.451 e. The second-order valence-corrected chi connectivity index (χ2v) is 5.07. The smallest absolute Gasteiger partial charge is 0.165 e. The van der Waals surface area contributed by atoms with Crippen LogP contribution in [0.15, 0.2) is 41.3 Å². The summed E-state index contributed by atoms with van der Waals surface area (Å²) in [6.45, 7) is 0. The minimum absolute atomic E-state index is 0.495. The second-order valence-electron chi connectivity index (χ2n) is 4.16. The van der Waals surface area contributed by atoms with Crippen LogP contribution in [0.4, 0.5) is 5.69 Å². The fraction of sp³-hybridized carbons (Fsp3) is 0.0769. The quantitative estimate of drug-likeness (QED) is 0.788. The van der Waals surface area contributed by atoms with Crippen molar-refractivity contribution in [2.45, 2.75) is 0 Å². The number of pyridine rings is 1. The molecule has 0 amide bonds. The zero-order valence-electron chi connectivity index (χ0n) is 10.2. The fourth-order valence-corrected chi connectivity index (χ4v) is 2.20. The van der Waals surface area contributed by atoms with Gasteiger partial charge >= 0.3 is 0 Å². The summed E-state index contributed by atoms with van der Waals surface area (Å²) in [5, 5.41) is 4.93. The number of hydrogen-bond donors (Lipinski definition) is 1. The molecule has 0 spiro atoms. The Morgan fingerprint density at radius 1 is 1.32 bits per heavy atom. The van der Waals surface area contributed by atoms with Crippen LogP contribution in [0.25, 0.3) is 10.9 Å². The SMILES string of the molecule is Cn1cc(Oc2c(N)cnc3ccc(Br)cc23)cn1. The monoisotopic (exact) mass is 318 g/mol. The molecule has 6 heteroatoms. The molecule has 2 N–H and O–H groups in total. The molecule has 0 aliphatic rings. The lowest BCUT2D eigenvalue weighted by molar-refractivity contribution is 0.489. The van der Waals surface area contributed by atoms with E-state index in [0.29, 0.717) is 17.2 Å². The van der Waals surface area contributed by atoms with Crippen LogP contribution in [0.3, 0.4) is 0 Å². The summed E-state index contributed by atoms with van der Waals surface area (Å²) in [4.78, 5) is 4.28. The lowest BCUT2D eigenvalue weighted by atomic mass is 10.2. The van der Waals surface area contributed by atoms with Gasteiger partial charge in [0.2, 0.25) is 0 Å². The Balaban J connectivity index is 2.15. The molecule has 0 saturated heterocycles. The molecule has 2 heterocycles. The first-order valence-electron chi connectivity index (χ1n) is 5.64. The summed E-state index contributed by atoms with van der Waals surface area (Å²) in [5.41, 5.74) is 7.29. The molecular formula is C13H11BrN4O. The summed E-state index contributed by atoms with van der Waals surface area (Å²) < 4.78 is 8.45. The van der Waals surface area contributed by atoms with Crippen LogP contribution >= 0.6 is 15.9 Å². The standard InChI is InChI=1S/C13H11BrN4O/c1-18-7-9(5-17-18)19-13-10-4-8(14)2-3-12(10)16-6-11(13)15/h2-7H,15H2,1H3. The normalized spacial score (nSPS) is 10.8. The molecule has 0 fully saturated rings. The van der Waals surface area contributed by atoms with E-state index in [4.69, 9.17) is 10.5 Å². The molecule has 0 radical (unpaired) electrons. The molecule has 0 saturated carbocycles. The third-order valence-corrected chi connectivity index (χ3v) is 3.20. The lowest BCUT2D eigenvalue weighted by Crippen LogP contribution is -1.94. The third-order valence-electron chi connectivity index (χ3n) is 2.71. The molecule has 0 bridgehead atoms. The highest BCUT2D eigenvalue weighted by molar-refractivity contribution is 9.10. The fourth-order valence-electron chi connectivity index (χ4n) is 1.84. The summed E-state index contributed by atoms with van der Waals surface area (Å²) >= 11 is 3.44. The Morgan fingerprint density at radius 3 is 2.89 bits per heavy atom. The Morgan fingerprint density at radius 2 is 2.16 bits per heavy atom. The van der Waals surface area contributed by atoms with E-state index in [2.05, 4.69) is 26.0 Å². The number of hydrogen-bond acceptors (Lipinski definition) is 4. The number of rotatable bonds is 2. The van der Waals surface area contributed by atoms with E-state index in [9.17, 15) is 0 Å². The van der Waals surface area contributed by atoms with Gasteiger partial charge in [-0.1, -0.05) is 15.9 Å². The van der Waals surface area contributed by atoms with Crippen molar-refractivity contribution < 1.29 is 4.74 Å². The molecule has 3 rings (SSSR count). The Bertz CT molecular complexity index is 748. The number of ether oxygens (including phenoxy) is 1. The third kappa shape index (κ3) is 2.26. The molecule has 0 aliphatic carbocycles. The van der Waals surface area contributed by atoms with Crippen molar-refractivity contribution in [2.24, 2.45) is 7.05 Å². The molecule has 1 aromatic carbocycles. The summed E-state index contributed by atoms with van der Waals surface area (Å²) in [6, 6.07) is 5.78. The topological polar surface area (TPSA) is 66.0 Å². The van der Waals surface area contributed by atoms with Crippen LogP contribution < -0.4 is 10.5 Å². The van der Waals surface area contributed by atoms with Gasteiger partial charge in [-0.2, -0.15) is 5.10 Å². The molecule has 5 nitrogen and oxygen atoms in total. The number of fused-ring (bicyclic) bond motifs is 1. The van der Waals surface area contributed by atoms with Gasteiger partial charge in [0.1, 0.15) is 0 Å². The largest absolute Gasteiger partial charge is 0.451 e. The maximum absolute atomic E-state index is 5.96. The minimum atomic E-state index is 0.495. The van der Waals surface area contributed by atoms with Gasteiger partial charge < -0.3 is 10.5 Å². The molecule has 3 aromatic rings. The average Bonchev–Trinajstić information content (AvgIpc) is 2.79. The summed E-state index contributed by atoms with van der Waals surface area (Å²) in [7, 11) is 1.83. The van der Waals surface area contributed by atoms with Crippen molar-refractivity contribution >= 4 is 32.5 Å². The van der Waals surface area contributed by atoms with E-state index in [1.807, 2.05) is 25.2 Å². The average molecular weight is 319 g/mol. The van der Waals surface area contributed by atoms with E-state index in [-0.39, 0.29) is 0 Å². The Kier molecular flexibility index (Phi) is 2.87. The molecule has 0 aliphatic heterocycles. The van der Waals surface area contributed by atoms with E-state index in [0.717, 1.165) is 15.4 Å². The van der Waals surface area contributed by atoms with Gasteiger partial charge in [0.25, 0.3) is 0 Å². The first kappa shape index (κ1) is 12.0. The molecule has 19 heavy (non-hydrogen) atoms. The van der Waals surface area contributed by atoms with Crippen molar-refractivity contribution in [3.63, 3.8) is 0 Å². The van der Waals surface area contributed by atoms with Gasteiger partial charge in [-0.25, -0.2) is 0 Å². The molecule has 2 aromatic heterocycles. The van der Waals surface area contributed by atoms with Crippen molar-refractivity contribution in [1.82, 2.24) is 14.8 Å². The lowest BCUT2D eigenvalue weighted by Gasteiger charge is -2.09. The molecular weight excluding hydrogens is 308 g/mol. The van der Waals surface area contributed by atoms with Gasteiger partial charge in [-0.3, -0.25) is 9.67 Å². The van der Waals surface area contributed by atoms with E-state index in [1.165, 1.54) is 0 Å². The molecule has 0 unspecified atom stereocenters. The van der Waals surface area contributed by atoms with Crippen molar-refractivity contribution in [3.05, 3.63) is 41.3 Å². The Hall–Kier alpha value is -2.08. The van der Waals surface area contributed by atoms with Crippen molar-refractivity contribution in [3.8, 4) is 11.5 Å². The molecule has 0 atom stereocenters. The van der Waals surface area contributed by atoms with Crippen LogP contribution in [0.1, 0.15) is 0 Å². The predicted molar refractivity (Wildman–Crippen MR) is 77.1 cm³/mol. The van der Waals surface area contributed by atoms with Gasteiger partial charge in [-0.05, 0) is 18.2 Å². The van der Waals surface area contributed by atoms with Crippen molar-refractivity contribution in [2.75, 3.05) is 5.73 Å². The Labute approximate surface area is 118 Å². The first-order chi connectivity index (χ1) is 9.13. The first-order valence-corrected chi connectivity index (χ1v) is 6.43. The summed E-state index contributed by atoms with van der Waals surface area (Å²) in [5.74, 6) is 1.24. The maximum atomic E-state index is 5.96. The highest BCUT2D eigenvalue weighted by Crippen LogP contribution is 2.35. The number of nitrogens with two attached hydrogens (primary N) is 1. The van der Waals surface area contributed by atoms with Gasteiger partial charge in [0.15, 0.2) is 11.5 Å². The second kappa shape index (κ2) is 4.55. The highest BCUT2D eigenvalue weighted by atomic mass is 79.9. The van der Waals surface area contributed by atoms with E-state index < -0.39 is 0 Å². The van der Waals surface area contributed by atoms with E-state index >= 15 is 0 Å². The van der Waals surface area contributed by atoms with Crippen LogP contribution in [0.2, 0.25) is 0 Å². The van der Waals surface area contributed by atoms with Crippen LogP contribution in [-0.2, 0) is 7.05 Å². The van der Waals surface area contributed by atoms with Crippen molar-refractivity contribution in [1.29, 1.82) is 0 Å². The van der Waals surface area contributed by atoms with Gasteiger partial charge in [-0.15, -0.1) is 0 Å². The number of aromatic nitrogens is 3. The number of anilines is 1. The number of nitrogens with zero attached hydrogens (tertiary/aromatic N) is 3. The number of halogens is 1. The van der Waals surface area contributed by atoms with Crippen LogP contribution in [-0.4, -0.2) is 14.8 Å². The van der Waals surface area contributed by atoms with Gasteiger partial charge in [0, 0.05) is 16.9 Å². The molecule has 96 valence electrons. The van der Waals surface area contributed by atoms with E-state index in [1.54, 1.807) is 23.3 Å². The predicted octanol–water partition coefficient (Wildman–Crippen LogP) is 3.11. The zero-order valence-corrected chi connectivity index (χ0v) is 11.8. The number of aryl methyl sites for hydroxylation is 1. The summed E-state index contributed by atoms with van der Waals surface area (Å²) in [6.07, 6.45) is 5.02. The highest BCUT2D eigenvalue weighted by Gasteiger charge is 2.10. The van der Waals surface area contributed by atoms with Crippen LogP contribution in [0, 0.1) is 0 Å².